The van der Waals surface area contributed by atoms with E-state index in [4.69, 9.17) is 9.47 Å². The van der Waals surface area contributed by atoms with E-state index >= 15 is 0 Å². The molecule has 1 aromatic heterocycles. The minimum atomic E-state index is -0.526. The molecular formula is C16H17N3O4S. The van der Waals surface area contributed by atoms with Crippen LogP contribution in [0.25, 0.3) is 11.3 Å². The highest BCUT2D eigenvalue weighted by atomic mass is 32.1. The van der Waals surface area contributed by atoms with Crippen molar-refractivity contribution in [2.45, 2.75) is 13.8 Å². The number of anilines is 2. The Morgan fingerprint density at radius 2 is 2.29 bits per heavy atom. The van der Waals surface area contributed by atoms with Crippen LogP contribution in [-0.4, -0.2) is 37.2 Å². The van der Waals surface area contributed by atoms with Gasteiger partial charge in [0, 0.05) is 17.5 Å². The molecule has 3 rings (SSSR count). The van der Waals surface area contributed by atoms with Crippen molar-refractivity contribution < 1.29 is 19.1 Å². The second-order valence-corrected chi connectivity index (χ2v) is 6.40. The molecule has 8 heteroatoms. The zero-order chi connectivity index (χ0) is 17.3. The Morgan fingerprint density at radius 3 is 3.04 bits per heavy atom. The van der Waals surface area contributed by atoms with Gasteiger partial charge in [0.2, 0.25) is 0 Å². The Balaban J connectivity index is 1.91. The van der Waals surface area contributed by atoms with Gasteiger partial charge in [-0.05, 0) is 32.0 Å². The van der Waals surface area contributed by atoms with Crippen molar-refractivity contribution >= 4 is 34.2 Å². The van der Waals surface area contributed by atoms with Crippen molar-refractivity contribution in [3.05, 3.63) is 23.1 Å². The standard InChI is InChI=1S/C16H17N3O4S/c1-4-22-16(21)18-15-17-14(9(2)24-15)10-5-6-12-11(7-10)19(3)13(20)8-23-12/h5-7H,4,8H2,1-3H3,(H,17,18,21). The summed E-state index contributed by atoms with van der Waals surface area (Å²) < 4.78 is 10.3. The lowest BCUT2D eigenvalue weighted by Gasteiger charge is -2.26. The van der Waals surface area contributed by atoms with Gasteiger partial charge in [0.25, 0.3) is 5.91 Å². The Morgan fingerprint density at radius 1 is 1.50 bits per heavy atom. The predicted octanol–water partition coefficient (Wildman–Crippen LogP) is 3.04. The number of aromatic nitrogens is 1. The number of likely N-dealkylation sites (N-methyl/N-ethyl adjacent to an activating group) is 1. The Bertz CT molecular complexity index is 803. The second-order valence-electron chi connectivity index (χ2n) is 5.19. The van der Waals surface area contributed by atoms with Crippen molar-refractivity contribution in [3.63, 3.8) is 0 Å². The van der Waals surface area contributed by atoms with E-state index in [0.29, 0.717) is 23.2 Å². The molecule has 24 heavy (non-hydrogen) atoms. The highest BCUT2D eigenvalue weighted by Gasteiger charge is 2.23. The molecule has 0 bridgehead atoms. The largest absolute Gasteiger partial charge is 0.482 e. The van der Waals surface area contributed by atoms with Crippen molar-refractivity contribution in [1.82, 2.24) is 4.98 Å². The molecule has 2 aromatic rings. The van der Waals surface area contributed by atoms with Crippen LogP contribution in [0.15, 0.2) is 18.2 Å². The third-order valence-electron chi connectivity index (χ3n) is 3.60. The van der Waals surface area contributed by atoms with Crippen LogP contribution in [-0.2, 0) is 9.53 Å². The number of nitrogens with one attached hydrogen (secondary N) is 1. The molecule has 0 aliphatic carbocycles. The van der Waals surface area contributed by atoms with E-state index in [1.807, 2.05) is 25.1 Å². The van der Waals surface area contributed by atoms with Gasteiger partial charge >= 0.3 is 6.09 Å². The first-order chi connectivity index (χ1) is 11.5. The number of fused-ring (bicyclic) bond motifs is 1. The Hall–Kier alpha value is -2.61. The summed E-state index contributed by atoms with van der Waals surface area (Å²) in [5, 5.41) is 3.08. The molecule has 7 nitrogen and oxygen atoms in total. The maximum atomic E-state index is 11.8. The van der Waals surface area contributed by atoms with Crippen LogP contribution in [0.5, 0.6) is 5.75 Å². The third-order valence-corrected chi connectivity index (χ3v) is 4.49. The highest BCUT2D eigenvalue weighted by molar-refractivity contribution is 7.16. The smallest absolute Gasteiger partial charge is 0.413 e. The van der Waals surface area contributed by atoms with Gasteiger partial charge in [0.15, 0.2) is 11.7 Å². The maximum Gasteiger partial charge on any atom is 0.413 e. The van der Waals surface area contributed by atoms with Crippen LogP contribution >= 0.6 is 11.3 Å². The third kappa shape index (κ3) is 3.05. The highest BCUT2D eigenvalue weighted by Crippen LogP contribution is 2.37. The molecule has 2 amide bonds. The van der Waals surface area contributed by atoms with Crippen LogP contribution < -0.4 is 15.0 Å². The first kappa shape index (κ1) is 16.3. The summed E-state index contributed by atoms with van der Waals surface area (Å²) in [4.78, 5) is 30.3. The van der Waals surface area contributed by atoms with Gasteiger partial charge in [0.1, 0.15) is 5.75 Å². The summed E-state index contributed by atoms with van der Waals surface area (Å²) in [7, 11) is 1.72. The van der Waals surface area contributed by atoms with Gasteiger partial charge in [0.05, 0.1) is 18.0 Å². The van der Waals surface area contributed by atoms with Gasteiger partial charge < -0.3 is 14.4 Å². The lowest BCUT2D eigenvalue weighted by atomic mass is 10.1. The fraction of sp³-hybridized carbons (Fsp3) is 0.312. The second kappa shape index (κ2) is 6.48. The number of nitrogens with zero attached hydrogens (tertiary/aromatic N) is 2. The van der Waals surface area contributed by atoms with Gasteiger partial charge in [-0.3, -0.25) is 10.1 Å². The molecule has 0 fully saturated rings. The molecule has 0 spiro atoms. The summed E-state index contributed by atoms with van der Waals surface area (Å²) >= 11 is 1.37. The van der Waals surface area contributed by atoms with Gasteiger partial charge in [-0.1, -0.05) is 0 Å². The van der Waals surface area contributed by atoms with Crippen LogP contribution in [0.3, 0.4) is 0 Å². The zero-order valence-corrected chi connectivity index (χ0v) is 14.4. The predicted molar refractivity (Wildman–Crippen MR) is 91.8 cm³/mol. The van der Waals surface area contributed by atoms with E-state index in [2.05, 4.69) is 10.3 Å². The number of benzene rings is 1. The zero-order valence-electron chi connectivity index (χ0n) is 13.6. The molecular weight excluding hydrogens is 330 g/mol. The van der Waals surface area contributed by atoms with Crippen molar-refractivity contribution in [2.24, 2.45) is 0 Å². The summed E-state index contributed by atoms with van der Waals surface area (Å²) in [6.07, 6.45) is -0.526. The molecule has 0 atom stereocenters. The van der Waals surface area contributed by atoms with E-state index in [1.165, 1.54) is 11.3 Å². The molecule has 1 N–H and O–H groups in total. The monoisotopic (exact) mass is 347 g/mol. The summed E-state index contributed by atoms with van der Waals surface area (Å²) in [5.41, 5.74) is 2.31. The van der Waals surface area contributed by atoms with Crippen molar-refractivity contribution in [2.75, 3.05) is 30.5 Å². The molecule has 126 valence electrons. The van der Waals surface area contributed by atoms with E-state index in [-0.39, 0.29) is 12.5 Å². The van der Waals surface area contributed by atoms with Gasteiger partial charge in [-0.2, -0.15) is 0 Å². The number of aryl methyl sites for hydroxylation is 1. The number of carbonyl (C=O) groups excluding carboxylic acids is 2. The number of ether oxygens (including phenoxy) is 2. The van der Waals surface area contributed by atoms with Crippen LogP contribution in [0, 0.1) is 6.92 Å². The first-order valence-electron chi connectivity index (χ1n) is 7.44. The number of rotatable bonds is 3. The first-order valence-corrected chi connectivity index (χ1v) is 8.26. The number of thiazole rings is 1. The van der Waals surface area contributed by atoms with Crippen LogP contribution in [0.1, 0.15) is 11.8 Å². The molecule has 2 heterocycles. The molecule has 0 saturated heterocycles. The summed E-state index contributed by atoms with van der Waals surface area (Å²) in [5.74, 6) is 0.568. The van der Waals surface area contributed by atoms with Gasteiger partial charge in [-0.25, -0.2) is 9.78 Å². The van der Waals surface area contributed by atoms with Gasteiger partial charge in [-0.15, -0.1) is 11.3 Å². The minimum Gasteiger partial charge on any atom is -0.482 e. The number of hydrogen-bond donors (Lipinski definition) is 1. The lowest BCUT2D eigenvalue weighted by molar-refractivity contribution is -0.120. The Kier molecular flexibility index (Phi) is 4.39. The van der Waals surface area contributed by atoms with Crippen LogP contribution in [0.2, 0.25) is 0 Å². The normalized spacial score (nSPS) is 13.3. The molecule has 0 radical (unpaired) electrons. The number of carbonyl (C=O) groups is 2. The Labute approximate surface area is 143 Å². The quantitative estimate of drug-likeness (QED) is 0.923. The number of amides is 2. The number of hydrogen-bond acceptors (Lipinski definition) is 6. The topological polar surface area (TPSA) is 80.8 Å². The van der Waals surface area contributed by atoms with Crippen molar-refractivity contribution in [1.29, 1.82) is 0 Å². The summed E-state index contributed by atoms with van der Waals surface area (Å²) in [6.45, 7) is 4.01. The SMILES string of the molecule is CCOC(=O)Nc1nc(-c2ccc3c(c2)N(C)C(=O)CO3)c(C)s1. The van der Waals surface area contributed by atoms with Crippen LogP contribution in [0.4, 0.5) is 15.6 Å². The van der Waals surface area contributed by atoms with E-state index < -0.39 is 6.09 Å². The average Bonchev–Trinajstić information content (AvgIpc) is 2.91. The van der Waals surface area contributed by atoms with Crippen molar-refractivity contribution in [3.8, 4) is 17.0 Å². The molecule has 0 saturated carbocycles. The molecule has 1 aliphatic heterocycles. The fourth-order valence-corrected chi connectivity index (χ4v) is 3.21. The van der Waals surface area contributed by atoms with E-state index in [1.54, 1.807) is 18.9 Å². The molecule has 0 unspecified atom stereocenters. The van der Waals surface area contributed by atoms with E-state index in [9.17, 15) is 9.59 Å². The molecule has 1 aliphatic rings. The minimum absolute atomic E-state index is 0.0478. The lowest BCUT2D eigenvalue weighted by Crippen LogP contribution is -2.35. The maximum absolute atomic E-state index is 11.8. The summed E-state index contributed by atoms with van der Waals surface area (Å²) in [6, 6.07) is 5.58. The fourth-order valence-electron chi connectivity index (χ4n) is 2.39. The van der Waals surface area contributed by atoms with E-state index in [0.717, 1.165) is 16.1 Å². The molecule has 1 aromatic carbocycles. The average molecular weight is 347 g/mol.